The van der Waals surface area contributed by atoms with Gasteiger partial charge in [0.2, 0.25) is 0 Å². The molecular weight excluding hydrogens is 188 g/mol. The zero-order valence-electron chi connectivity index (χ0n) is 7.39. The van der Waals surface area contributed by atoms with Crippen LogP contribution in [-0.4, -0.2) is 10.9 Å². The van der Waals surface area contributed by atoms with E-state index in [0.29, 0.717) is 0 Å². The summed E-state index contributed by atoms with van der Waals surface area (Å²) in [5, 5.41) is 10.4. The highest BCUT2D eigenvalue weighted by molar-refractivity contribution is 5.71. The molecule has 0 radical (unpaired) electrons. The summed E-state index contributed by atoms with van der Waals surface area (Å²) in [5.74, 6) is -0.307. The summed E-state index contributed by atoms with van der Waals surface area (Å²) >= 11 is 0. The second-order valence-corrected chi connectivity index (χ2v) is 2.57. The van der Waals surface area contributed by atoms with E-state index in [-0.39, 0.29) is 17.1 Å². The zero-order chi connectivity index (χ0) is 10.7. The second-order valence-electron chi connectivity index (χ2n) is 2.57. The van der Waals surface area contributed by atoms with Gasteiger partial charge >= 0.3 is 5.97 Å². The first kappa shape index (κ1) is 9.97. The number of esters is 1. The number of nitro benzene ring substituents is 1. The maximum Gasteiger partial charge on any atom is 0.308 e. The van der Waals surface area contributed by atoms with E-state index in [2.05, 4.69) is 4.74 Å². The van der Waals surface area contributed by atoms with Crippen LogP contribution in [0.25, 0.3) is 0 Å². The average molecular weight is 196 g/mol. The third kappa shape index (κ3) is 2.19. The summed E-state index contributed by atoms with van der Waals surface area (Å²) in [6.07, 6.45) is 0. The van der Waals surface area contributed by atoms with Crippen molar-refractivity contribution < 1.29 is 14.5 Å². The molecule has 0 unspecified atom stereocenters. The number of nitrogens with two attached hydrogens (primary N) is 1. The smallest absolute Gasteiger partial charge is 0.308 e. The lowest BCUT2D eigenvalue weighted by atomic mass is 10.2. The molecule has 1 aromatic rings. The van der Waals surface area contributed by atoms with Crippen LogP contribution in [0.15, 0.2) is 18.2 Å². The number of carbonyl (C=O) groups is 1. The number of nitrogen functional groups attached to an aromatic ring is 1. The van der Waals surface area contributed by atoms with Crippen molar-refractivity contribution in [1.29, 1.82) is 0 Å². The molecule has 14 heavy (non-hydrogen) atoms. The summed E-state index contributed by atoms with van der Waals surface area (Å²) in [6, 6.07) is 3.74. The van der Waals surface area contributed by atoms with Gasteiger partial charge in [-0.05, 0) is 6.07 Å². The Morgan fingerprint density at radius 3 is 2.64 bits per heavy atom. The number of anilines is 1. The van der Waals surface area contributed by atoms with E-state index in [4.69, 9.17) is 5.73 Å². The summed E-state index contributed by atoms with van der Waals surface area (Å²) < 4.78 is 4.69. The van der Waals surface area contributed by atoms with Crippen LogP contribution in [0.4, 0.5) is 11.4 Å². The molecule has 0 spiro atoms. The fourth-order valence-electron chi connectivity index (χ4n) is 0.928. The Kier molecular flexibility index (Phi) is 2.66. The van der Waals surface area contributed by atoms with E-state index < -0.39 is 10.9 Å². The van der Waals surface area contributed by atoms with Crippen molar-refractivity contribution in [2.45, 2.75) is 6.92 Å². The molecule has 6 heteroatoms. The number of rotatable bonds is 2. The highest BCUT2D eigenvalue weighted by Gasteiger charge is 2.11. The van der Waals surface area contributed by atoms with Gasteiger partial charge in [0, 0.05) is 19.1 Å². The molecule has 1 rings (SSSR count). The first-order valence-electron chi connectivity index (χ1n) is 3.73. The average Bonchev–Trinajstić information content (AvgIpc) is 2.01. The lowest BCUT2D eigenvalue weighted by Gasteiger charge is -2.02. The third-order valence-corrected chi connectivity index (χ3v) is 1.46. The van der Waals surface area contributed by atoms with Crippen molar-refractivity contribution in [2.75, 3.05) is 5.73 Å². The monoisotopic (exact) mass is 196 g/mol. The van der Waals surface area contributed by atoms with Crippen molar-refractivity contribution in [3.05, 3.63) is 28.3 Å². The minimum absolute atomic E-state index is 0.0336. The summed E-state index contributed by atoms with van der Waals surface area (Å²) in [4.78, 5) is 20.3. The van der Waals surface area contributed by atoms with Crippen molar-refractivity contribution >= 4 is 17.3 Å². The van der Waals surface area contributed by atoms with Gasteiger partial charge in [-0.15, -0.1) is 0 Å². The fraction of sp³-hybridized carbons (Fsp3) is 0.125. The van der Waals surface area contributed by atoms with Gasteiger partial charge in [-0.25, -0.2) is 0 Å². The van der Waals surface area contributed by atoms with Gasteiger partial charge in [0.05, 0.1) is 4.92 Å². The summed E-state index contributed by atoms with van der Waals surface area (Å²) in [6.45, 7) is 1.23. The number of ether oxygens (including phenoxy) is 1. The molecule has 1 aromatic carbocycles. The number of nitrogens with zero attached hydrogens (tertiary/aromatic N) is 1. The van der Waals surface area contributed by atoms with Crippen LogP contribution < -0.4 is 10.5 Å². The molecule has 0 aliphatic heterocycles. The van der Waals surface area contributed by atoms with Crippen LogP contribution in [0, 0.1) is 10.1 Å². The summed E-state index contributed by atoms with van der Waals surface area (Å²) in [7, 11) is 0. The Balaban J connectivity index is 3.00. The highest BCUT2D eigenvalue weighted by Crippen LogP contribution is 2.25. The van der Waals surface area contributed by atoms with E-state index in [1.165, 1.54) is 25.1 Å². The fourth-order valence-corrected chi connectivity index (χ4v) is 0.928. The molecule has 2 N–H and O–H groups in total. The standard InChI is InChI=1S/C8H8N2O4/c1-5(11)14-6-2-3-8(10(12)13)7(9)4-6/h2-4H,9H2,1H3. The minimum atomic E-state index is -0.604. The van der Waals surface area contributed by atoms with Crippen molar-refractivity contribution in [1.82, 2.24) is 0 Å². The van der Waals surface area contributed by atoms with Gasteiger partial charge in [-0.2, -0.15) is 0 Å². The predicted molar refractivity (Wildman–Crippen MR) is 48.8 cm³/mol. The normalized spacial score (nSPS) is 9.50. The van der Waals surface area contributed by atoms with Crippen LogP contribution in [0.2, 0.25) is 0 Å². The molecule has 0 saturated heterocycles. The van der Waals surface area contributed by atoms with E-state index in [0.717, 1.165) is 0 Å². The number of benzene rings is 1. The summed E-state index contributed by atoms with van der Waals surface area (Å²) in [5.41, 5.74) is 5.12. The quantitative estimate of drug-likeness (QED) is 0.251. The van der Waals surface area contributed by atoms with Crippen molar-refractivity contribution in [3.8, 4) is 5.75 Å². The Morgan fingerprint density at radius 1 is 1.57 bits per heavy atom. The largest absolute Gasteiger partial charge is 0.427 e. The van der Waals surface area contributed by atoms with Crippen LogP contribution in [0.3, 0.4) is 0 Å². The van der Waals surface area contributed by atoms with Crippen LogP contribution in [0.1, 0.15) is 6.92 Å². The Labute approximate surface area is 79.4 Å². The van der Waals surface area contributed by atoms with Crippen LogP contribution in [-0.2, 0) is 4.79 Å². The maximum absolute atomic E-state index is 10.5. The second kappa shape index (κ2) is 3.73. The molecule has 0 heterocycles. The van der Waals surface area contributed by atoms with E-state index in [1.54, 1.807) is 0 Å². The lowest BCUT2D eigenvalue weighted by molar-refractivity contribution is -0.383. The van der Waals surface area contributed by atoms with E-state index >= 15 is 0 Å². The number of carbonyl (C=O) groups excluding carboxylic acids is 1. The van der Waals surface area contributed by atoms with Crippen molar-refractivity contribution in [2.24, 2.45) is 0 Å². The zero-order valence-corrected chi connectivity index (χ0v) is 7.39. The van der Waals surface area contributed by atoms with Gasteiger partial charge in [-0.1, -0.05) is 0 Å². The molecule has 0 saturated carbocycles. The lowest BCUT2D eigenvalue weighted by Crippen LogP contribution is -2.02. The van der Waals surface area contributed by atoms with Gasteiger partial charge in [0.1, 0.15) is 11.4 Å². The Morgan fingerprint density at radius 2 is 2.21 bits per heavy atom. The molecule has 0 aromatic heterocycles. The first-order chi connectivity index (χ1) is 6.50. The SMILES string of the molecule is CC(=O)Oc1ccc([N+](=O)[O-])c(N)c1. The minimum Gasteiger partial charge on any atom is -0.427 e. The molecule has 0 bridgehead atoms. The topological polar surface area (TPSA) is 95.5 Å². The Hall–Kier alpha value is -2.11. The molecule has 6 nitrogen and oxygen atoms in total. The van der Waals surface area contributed by atoms with Gasteiger partial charge in [0.15, 0.2) is 0 Å². The molecule has 0 aliphatic rings. The Bertz CT molecular complexity index is 389. The molecule has 0 amide bonds. The molecule has 0 atom stereocenters. The molecule has 0 fully saturated rings. The van der Waals surface area contributed by atoms with Crippen LogP contribution in [0.5, 0.6) is 5.75 Å². The van der Waals surface area contributed by atoms with Crippen LogP contribution >= 0.6 is 0 Å². The van der Waals surface area contributed by atoms with Gasteiger partial charge < -0.3 is 10.5 Å². The maximum atomic E-state index is 10.5. The number of hydrogen-bond donors (Lipinski definition) is 1. The highest BCUT2D eigenvalue weighted by atomic mass is 16.6. The van der Waals surface area contributed by atoms with E-state index in [9.17, 15) is 14.9 Å². The number of hydrogen-bond acceptors (Lipinski definition) is 5. The molecule has 74 valence electrons. The number of nitro groups is 1. The van der Waals surface area contributed by atoms with Crippen molar-refractivity contribution in [3.63, 3.8) is 0 Å². The first-order valence-corrected chi connectivity index (χ1v) is 3.73. The molecule has 0 aliphatic carbocycles. The van der Waals surface area contributed by atoms with Gasteiger partial charge in [0.25, 0.3) is 5.69 Å². The molecular formula is C8H8N2O4. The predicted octanol–water partition coefficient (Wildman–Crippen LogP) is 1.10. The van der Waals surface area contributed by atoms with Gasteiger partial charge in [-0.3, -0.25) is 14.9 Å². The third-order valence-electron chi connectivity index (χ3n) is 1.46. The van der Waals surface area contributed by atoms with E-state index in [1.807, 2.05) is 0 Å².